The number of fused-ring (bicyclic) bond motifs is 5. The summed E-state index contributed by atoms with van der Waals surface area (Å²) in [5.41, 5.74) is 3.18. The highest BCUT2D eigenvalue weighted by Gasteiger charge is 2.58. The quantitative estimate of drug-likeness (QED) is 0.403. The summed E-state index contributed by atoms with van der Waals surface area (Å²) in [5.74, 6) is 4.50. The second-order valence-electron chi connectivity index (χ2n) is 13.3. The number of allylic oxidation sites excluding steroid dienone is 1. The maximum Gasteiger partial charge on any atom is 0.0577 e. The fraction of sp³-hybridized carbons (Fsp3) is 0.933. The minimum atomic E-state index is -0.0798. The predicted octanol–water partition coefficient (Wildman–Crippen LogP) is 8.56. The van der Waals surface area contributed by atoms with Crippen LogP contribution in [-0.4, -0.2) is 11.2 Å². The Morgan fingerprint density at radius 2 is 1.77 bits per heavy atom. The van der Waals surface area contributed by atoms with E-state index in [1.165, 1.54) is 70.6 Å². The van der Waals surface area contributed by atoms with Crippen molar-refractivity contribution in [2.45, 2.75) is 131 Å². The van der Waals surface area contributed by atoms with Crippen molar-refractivity contribution >= 4 is 0 Å². The molecule has 178 valence electrons. The normalized spacial score (nSPS) is 42.7. The van der Waals surface area contributed by atoms with Crippen molar-refractivity contribution in [1.82, 2.24) is 0 Å². The minimum absolute atomic E-state index is 0.0798. The molecule has 0 aliphatic heterocycles. The summed E-state index contributed by atoms with van der Waals surface area (Å²) < 4.78 is 0. The van der Waals surface area contributed by atoms with Gasteiger partial charge in [0.2, 0.25) is 0 Å². The standard InChI is InChI=1S/C30H52O/c1-7-30(8-2,20-21(3)4)18-13-22-10-12-26-25-11-9-23-19-24(31)14-16-29(23,6)27(25)15-17-28(22,26)5/h9,21-22,24-27,31H,7-8,10-20H2,1-6H3. The second kappa shape index (κ2) is 8.81. The molecule has 0 aromatic heterocycles. The fourth-order valence-electron chi connectivity index (χ4n) is 9.57. The van der Waals surface area contributed by atoms with Crippen LogP contribution in [0.4, 0.5) is 0 Å². The molecule has 0 heterocycles. The Hall–Kier alpha value is -0.300. The smallest absolute Gasteiger partial charge is 0.0577 e. The van der Waals surface area contributed by atoms with Gasteiger partial charge in [-0.1, -0.05) is 66.0 Å². The molecule has 4 aliphatic carbocycles. The van der Waals surface area contributed by atoms with E-state index in [1.807, 2.05) is 0 Å². The highest BCUT2D eigenvalue weighted by molar-refractivity contribution is 5.25. The highest BCUT2D eigenvalue weighted by atomic mass is 16.3. The largest absolute Gasteiger partial charge is 0.393 e. The number of aliphatic hydroxyl groups is 1. The molecule has 0 spiro atoms. The third kappa shape index (κ3) is 4.08. The molecule has 0 aromatic carbocycles. The molecule has 0 radical (unpaired) electrons. The predicted molar refractivity (Wildman–Crippen MR) is 133 cm³/mol. The lowest BCUT2D eigenvalue weighted by Gasteiger charge is -2.58. The molecule has 1 N–H and O–H groups in total. The molecule has 0 bridgehead atoms. The van der Waals surface area contributed by atoms with E-state index in [9.17, 15) is 5.11 Å². The maximum absolute atomic E-state index is 10.3. The van der Waals surface area contributed by atoms with Crippen LogP contribution < -0.4 is 0 Å². The summed E-state index contributed by atoms with van der Waals surface area (Å²) in [5, 5.41) is 10.3. The van der Waals surface area contributed by atoms with E-state index in [4.69, 9.17) is 0 Å². The number of hydrogen-bond donors (Lipinski definition) is 1. The van der Waals surface area contributed by atoms with Gasteiger partial charge in [0, 0.05) is 0 Å². The summed E-state index contributed by atoms with van der Waals surface area (Å²) in [4.78, 5) is 0. The van der Waals surface area contributed by atoms with E-state index in [0.29, 0.717) is 16.2 Å². The first-order chi connectivity index (χ1) is 14.7. The van der Waals surface area contributed by atoms with Gasteiger partial charge in [0.1, 0.15) is 0 Å². The zero-order chi connectivity index (χ0) is 22.4. The Morgan fingerprint density at radius 3 is 2.45 bits per heavy atom. The van der Waals surface area contributed by atoms with Crippen LogP contribution in [0.5, 0.6) is 0 Å². The molecule has 0 aromatic rings. The summed E-state index contributed by atoms with van der Waals surface area (Å²) in [6.07, 6.45) is 20.0. The molecule has 4 rings (SSSR count). The number of hydrogen-bond acceptors (Lipinski definition) is 1. The number of rotatable bonds is 7. The average Bonchev–Trinajstić information content (AvgIpc) is 3.08. The first kappa shape index (κ1) is 23.8. The van der Waals surface area contributed by atoms with Crippen molar-refractivity contribution in [3.8, 4) is 0 Å². The van der Waals surface area contributed by atoms with E-state index in [0.717, 1.165) is 42.4 Å². The van der Waals surface area contributed by atoms with Crippen LogP contribution >= 0.6 is 0 Å². The van der Waals surface area contributed by atoms with E-state index in [-0.39, 0.29) is 6.10 Å². The van der Waals surface area contributed by atoms with Crippen molar-refractivity contribution in [3.05, 3.63) is 11.6 Å². The molecular formula is C30H52O. The van der Waals surface area contributed by atoms with Gasteiger partial charge in [0.15, 0.2) is 0 Å². The first-order valence-corrected chi connectivity index (χ1v) is 14.0. The molecule has 3 saturated carbocycles. The van der Waals surface area contributed by atoms with Crippen molar-refractivity contribution in [3.63, 3.8) is 0 Å². The molecule has 7 unspecified atom stereocenters. The first-order valence-electron chi connectivity index (χ1n) is 14.0. The van der Waals surface area contributed by atoms with E-state index in [2.05, 4.69) is 47.6 Å². The lowest BCUT2D eigenvalue weighted by atomic mass is 9.47. The third-order valence-corrected chi connectivity index (χ3v) is 11.6. The molecule has 7 atom stereocenters. The molecular weight excluding hydrogens is 376 g/mol. The van der Waals surface area contributed by atoms with Gasteiger partial charge < -0.3 is 5.11 Å². The Bertz CT molecular complexity index is 657. The molecule has 31 heavy (non-hydrogen) atoms. The summed E-state index contributed by atoms with van der Waals surface area (Å²) in [6, 6.07) is 0. The Balaban J connectivity index is 1.48. The van der Waals surface area contributed by atoms with Gasteiger partial charge in [-0.15, -0.1) is 0 Å². The van der Waals surface area contributed by atoms with Crippen LogP contribution in [0.3, 0.4) is 0 Å². The van der Waals surface area contributed by atoms with E-state index in [1.54, 1.807) is 5.57 Å². The topological polar surface area (TPSA) is 20.2 Å². The van der Waals surface area contributed by atoms with Gasteiger partial charge >= 0.3 is 0 Å². The number of aliphatic hydroxyl groups excluding tert-OH is 1. The minimum Gasteiger partial charge on any atom is -0.393 e. The van der Waals surface area contributed by atoms with Crippen LogP contribution in [0.2, 0.25) is 0 Å². The summed E-state index contributed by atoms with van der Waals surface area (Å²) >= 11 is 0. The molecule has 1 heteroatoms. The molecule has 0 saturated heterocycles. The molecule has 1 nitrogen and oxygen atoms in total. The lowest BCUT2D eigenvalue weighted by molar-refractivity contribution is -0.0523. The van der Waals surface area contributed by atoms with Crippen molar-refractivity contribution in [1.29, 1.82) is 0 Å². The Labute approximate surface area is 193 Å². The lowest BCUT2D eigenvalue weighted by Crippen LogP contribution is -2.50. The maximum atomic E-state index is 10.3. The van der Waals surface area contributed by atoms with Crippen molar-refractivity contribution < 1.29 is 5.11 Å². The zero-order valence-electron chi connectivity index (χ0n) is 21.7. The zero-order valence-corrected chi connectivity index (χ0v) is 21.7. The summed E-state index contributed by atoms with van der Waals surface area (Å²) in [7, 11) is 0. The van der Waals surface area contributed by atoms with Crippen molar-refractivity contribution in [2.75, 3.05) is 0 Å². The Kier molecular flexibility index (Phi) is 6.78. The van der Waals surface area contributed by atoms with Crippen LogP contribution in [0.25, 0.3) is 0 Å². The van der Waals surface area contributed by atoms with Gasteiger partial charge in [-0.3, -0.25) is 0 Å². The van der Waals surface area contributed by atoms with Crippen LogP contribution in [0.1, 0.15) is 125 Å². The molecule has 3 fully saturated rings. The van der Waals surface area contributed by atoms with Gasteiger partial charge in [-0.05, 0) is 116 Å². The average molecular weight is 429 g/mol. The van der Waals surface area contributed by atoms with Gasteiger partial charge in [0.25, 0.3) is 0 Å². The molecule has 4 aliphatic rings. The van der Waals surface area contributed by atoms with Gasteiger partial charge in [-0.2, -0.15) is 0 Å². The van der Waals surface area contributed by atoms with Crippen LogP contribution in [0, 0.1) is 45.8 Å². The van der Waals surface area contributed by atoms with Crippen LogP contribution in [0.15, 0.2) is 11.6 Å². The summed E-state index contributed by atoms with van der Waals surface area (Å²) in [6.45, 7) is 15.0. The van der Waals surface area contributed by atoms with Crippen molar-refractivity contribution in [2.24, 2.45) is 45.8 Å². The SMILES string of the molecule is CCC(CC)(CCC1CCC2C3CC=C4CC(O)CCC4(C)C3CCC12C)CC(C)C. The van der Waals surface area contributed by atoms with Gasteiger partial charge in [0.05, 0.1) is 6.10 Å². The second-order valence-corrected chi connectivity index (χ2v) is 13.3. The monoisotopic (exact) mass is 428 g/mol. The Morgan fingerprint density at radius 1 is 1.03 bits per heavy atom. The van der Waals surface area contributed by atoms with E-state index < -0.39 is 0 Å². The van der Waals surface area contributed by atoms with E-state index >= 15 is 0 Å². The van der Waals surface area contributed by atoms with Crippen LogP contribution in [-0.2, 0) is 0 Å². The van der Waals surface area contributed by atoms with Gasteiger partial charge in [-0.25, -0.2) is 0 Å². The molecule has 0 amide bonds. The third-order valence-electron chi connectivity index (χ3n) is 11.6. The highest BCUT2D eigenvalue weighted by Crippen LogP contribution is 2.67. The fourth-order valence-corrected chi connectivity index (χ4v) is 9.57.